The molecule has 0 aliphatic heterocycles. The van der Waals surface area contributed by atoms with Gasteiger partial charge in [-0.3, -0.25) is 0 Å². The lowest BCUT2D eigenvalue weighted by atomic mass is 9.81. The molecule has 0 atom stereocenters. The minimum absolute atomic E-state index is 0.0938. The fourth-order valence-electron chi connectivity index (χ4n) is 8.90. The molecule has 10 aromatic rings. The number of thiophene rings is 1. The van der Waals surface area contributed by atoms with Gasteiger partial charge in [-0.15, -0.1) is 11.3 Å². The van der Waals surface area contributed by atoms with Crippen molar-refractivity contribution in [2.75, 3.05) is 0 Å². The van der Waals surface area contributed by atoms with E-state index in [4.69, 9.17) is 0 Å². The van der Waals surface area contributed by atoms with Gasteiger partial charge in [-0.1, -0.05) is 141 Å². The lowest BCUT2D eigenvalue weighted by Crippen LogP contribution is -2.14. The molecule has 1 aliphatic carbocycles. The third-order valence-electron chi connectivity index (χ3n) is 11.6. The van der Waals surface area contributed by atoms with E-state index in [2.05, 4.69) is 194 Å². The second kappa shape index (κ2) is 11.4. The maximum atomic E-state index is 2.46. The van der Waals surface area contributed by atoms with E-state index in [0.29, 0.717) is 0 Å². The van der Waals surface area contributed by atoms with E-state index in [1.807, 2.05) is 11.3 Å². The van der Waals surface area contributed by atoms with Crippen LogP contribution in [0.2, 0.25) is 0 Å². The molecule has 1 aliphatic rings. The molecule has 0 fully saturated rings. The van der Waals surface area contributed by atoms with Crippen LogP contribution in [0.3, 0.4) is 0 Å². The molecule has 0 unspecified atom stereocenters. The van der Waals surface area contributed by atoms with Gasteiger partial charge in [0.05, 0.1) is 11.0 Å². The Morgan fingerprint density at radius 3 is 1.68 bits per heavy atom. The standard InChI is InChI=1S/C51H35NS/c1-51(2)44-26-25-40-39-15-9-10-16-48(39)53-50(40)49(44)41-24-21-37(31-45(41)51)36-23-28-47-43(30-36)42-29-35(22-27-46(42)52(47)38-13-7-4-8-14-38)34-19-17-33(18-20-34)32-11-5-3-6-12-32/h3-31H,1-2H3. The number of fused-ring (bicyclic) bond motifs is 10. The van der Waals surface area contributed by atoms with Crippen LogP contribution in [0.4, 0.5) is 0 Å². The number of benzene rings is 8. The second-order valence-electron chi connectivity index (χ2n) is 14.9. The Morgan fingerprint density at radius 2 is 0.962 bits per heavy atom. The van der Waals surface area contributed by atoms with Crippen LogP contribution in [-0.2, 0) is 5.41 Å². The SMILES string of the molecule is CC1(C)c2cc(-c3ccc4c(c3)c3cc(-c5ccc(-c6ccccc6)cc5)ccc3n4-c3ccccc3)ccc2-c2c1ccc1c2sc2ccccc21. The molecule has 0 amide bonds. The Labute approximate surface area is 313 Å². The summed E-state index contributed by atoms with van der Waals surface area (Å²) < 4.78 is 5.17. The summed E-state index contributed by atoms with van der Waals surface area (Å²) in [4.78, 5) is 0. The van der Waals surface area contributed by atoms with E-state index in [0.717, 1.165) is 0 Å². The molecule has 53 heavy (non-hydrogen) atoms. The summed E-state index contributed by atoms with van der Waals surface area (Å²) in [6.07, 6.45) is 0. The Bertz CT molecular complexity index is 3050. The average Bonchev–Trinajstić information content (AvgIpc) is 3.83. The highest BCUT2D eigenvalue weighted by Crippen LogP contribution is 2.54. The van der Waals surface area contributed by atoms with Crippen molar-refractivity contribution < 1.29 is 0 Å². The fraction of sp³-hybridized carbons (Fsp3) is 0.0588. The van der Waals surface area contributed by atoms with Crippen molar-refractivity contribution in [1.82, 2.24) is 4.57 Å². The molecule has 250 valence electrons. The first-order valence-corrected chi connectivity index (χ1v) is 19.2. The number of nitrogens with zero attached hydrogens (tertiary/aromatic N) is 1. The lowest BCUT2D eigenvalue weighted by molar-refractivity contribution is 0.661. The van der Waals surface area contributed by atoms with Crippen molar-refractivity contribution in [2.24, 2.45) is 0 Å². The quantitative estimate of drug-likeness (QED) is 0.173. The zero-order valence-electron chi connectivity index (χ0n) is 29.6. The molecular formula is C51H35NS. The lowest BCUT2D eigenvalue weighted by Gasteiger charge is -2.22. The summed E-state index contributed by atoms with van der Waals surface area (Å²) in [5, 5.41) is 5.24. The van der Waals surface area contributed by atoms with Crippen molar-refractivity contribution in [3.8, 4) is 50.2 Å². The summed E-state index contributed by atoms with van der Waals surface area (Å²) >= 11 is 1.93. The Kier molecular flexibility index (Phi) is 6.53. The number of rotatable bonds is 4. The molecule has 2 heteroatoms. The van der Waals surface area contributed by atoms with Crippen molar-refractivity contribution in [3.63, 3.8) is 0 Å². The van der Waals surface area contributed by atoms with Crippen LogP contribution < -0.4 is 0 Å². The van der Waals surface area contributed by atoms with Crippen molar-refractivity contribution in [2.45, 2.75) is 19.3 Å². The van der Waals surface area contributed by atoms with Gasteiger partial charge < -0.3 is 4.57 Å². The normalized spacial score (nSPS) is 13.2. The van der Waals surface area contributed by atoms with Gasteiger partial charge in [0.2, 0.25) is 0 Å². The first-order chi connectivity index (χ1) is 26.0. The summed E-state index contributed by atoms with van der Waals surface area (Å²) in [5.41, 5.74) is 16.5. The van der Waals surface area contributed by atoms with Gasteiger partial charge in [0.1, 0.15) is 0 Å². The molecule has 0 N–H and O–H groups in total. The van der Waals surface area contributed by atoms with E-state index in [-0.39, 0.29) is 5.41 Å². The molecule has 0 spiro atoms. The number of hydrogen-bond donors (Lipinski definition) is 0. The molecule has 2 heterocycles. The van der Waals surface area contributed by atoms with Gasteiger partial charge in [-0.2, -0.15) is 0 Å². The van der Waals surface area contributed by atoms with Crippen LogP contribution in [-0.4, -0.2) is 4.57 Å². The number of para-hydroxylation sites is 1. The predicted molar refractivity (Wildman–Crippen MR) is 228 cm³/mol. The van der Waals surface area contributed by atoms with Crippen LogP contribution in [0.5, 0.6) is 0 Å². The monoisotopic (exact) mass is 693 g/mol. The molecular weight excluding hydrogens is 659 g/mol. The average molecular weight is 694 g/mol. The number of hydrogen-bond acceptors (Lipinski definition) is 1. The molecule has 11 rings (SSSR count). The summed E-state index contributed by atoms with van der Waals surface area (Å²) in [7, 11) is 0. The molecule has 0 bridgehead atoms. The van der Waals surface area contributed by atoms with E-state index < -0.39 is 0 Å². The molecule has 0 saturated carbocycles. The largest absolute Gasteiger partial charge is 0.309 e. The fourth-order valence-corrected chi connectivity index (χ4v) is 10.2. The first-order valence-electron chi connectivity index (χ1n) is 18.4. The first kappa shape index (κ1) is 30.4. The highest BCUT2D eigenvalue weighted by Gasteiger charge is 2.37. The highest BCUT2D eigenvalue weighted by molar-refractivity contribution is 7.26. The minimum Gasteiger partial charge on any atom is -0.309 e. The zero-order chi connectivity index (χ0) is 35.3. The van der Waals surface area contributed by atoms with E-state index >= 15 is 0 Å². The van der Waals surface area contributed by atoms with E-state index in [9.17, 15) is 0 Å². The Hall–Kier alpha value is -6.22. The molecule has 0 radical (unpaired) electrons. The minimum atomic E-state index is -0.0938. The highest BCUT2D eigenvalue weighted by atomic mass is 32.1. The maximum absolute atomic E-state index is 2.46. The smallest absolute Gasteiger partial charge is 0.0541 e. The third-order valence-corrected chi connectivity index (χ3v) is 12.8. The van der Waals surface area contributed by atoms with Gasteiger partial charge in [0.15, 0.2) is 0 Å². The molecule has 2 aromatic heterocycles. The van der Waals surface area contributed by atoms with E-state index in [1.165, 1.54) is 103 Å². The van der Waals surface area contributed by atoms with Gasteiger partial charge in [0, 0.05) is 47.6 Å². The summed E-state index contributed by atoms with van der Waals surface area (Å²) in [6.45, 7) is 4.79. The molecule has 0 saturated heterocycles. The van der Waals surface area contributed by atoms with Gasteiger partial charge in [-0.05, 0) is 98.6 Å². The zero-order valence-corrected chi connectivity index (χ0v) is 30.4. The third kappa shape index (κ3) is 4.56. The van der Waals surface area contributed by atoms with Gasteiger partial charge in [-0.25, -0.2) is 0 Å². The summed E-state index contributed by atoms with van der Waals surface area (Å²) in [6, 6.07) is 65.1. The van der Waals surface area contributed by atoms with Gasteiger partial charge >= 0.3 is 0 Å². The topological polar surface area (TPSA) is 4.93 Å². The Balaban J connectivity index is 1.06. The summed E-state index contributed by atoms with van der Waals surface area (Å²) in [5.74, 6) is 0. The van der Waals surface area contributed by atoms with Crippen LogP contribution >= 0.6 is 11.3 Å². The van der Waals surface area contributed by atoms with Crippen LogP contribution in [0.1, 0.15) is 25.0 Å². The maximum Gasteiger partial charge on any atom is 0.0541 e. The van der Waals surface area contributed by atoms with Crippen molar-refractivity contribution in [1.29, 1.82) is 0 Å². The van der Waals surface area contributed by atoms with Crippen LogP contribution in [0.25, 0.3) is 92.2 Å². The molecule has 1 nitrogen and oxygen atoms in total. The van der Waals surface area contributed by atoms with Crippen molar-refractivity contribution >= 4 is 53.3 Å². The predicted octanol–water partition coefficient (Wildman–Crippen LogP) is 14.5. The van der Waals surface area contributed by atoms with E-state index in [1.54, 1.807) is 0 Å². The second-order valence-corrected chi connectivity index (χ2v) is 16.0. The van der Waals surface area contributed by atoms with Crippen LogP contribution in [0, 0.1) is 0 Å². The molecule has 8 aromatic carbocycles. The van der Waals surface area contributed by atoms with Crippen molar-refractivity contribution in [3.05, 3.63) is 187 Å². The van der Waals surface area contributed by atoms with Crippen LogP contribution in [0.15, 0.2) is 176 Å². The Morgan fingerprint density at radius 1 is 0.415 bits per heavy atom. The van der Waals surface area contributed by atoms with Gasteiger partial charge in [0.25, 0.3) is 0 Å². The number of aromatic nitrogens is 1.